The molecule has 0 aliphatic carbocycles. The number of hydrogen-bond acceptors (Lipinski definition) is 4. The molecule has 1 unspecified atom stereocenters. The molecular formula is C16H21FN2O3. The molecule has 2 N–H and O–H groups in total. The first-order chi connectivity index (χ1) is 10.3. The normalized spacial score (nSPS) is 17.8. The predicted octanol–water partition coefficient (Wildman–Crippen LogP) is 2.58. The van der Waals surface area contributed by atoms with Crippen LogP contribution in [0.2, 0.25) is 0 Å². The van der Waals surface area contributed by atoms with Crippen LogP contribution in [0.3, 0.4) is 0 Å². The van der Waals surface area contributed by atoms with Gasteiger partial charge in [0, 0.05) is 30.4 Å². The van der Waals surface area contributed by atoms with E-state index in [-0.39, 0.29) is 17.8 Å². The topological polar surface area (TPSA) is 70.9 Å². The van der Waals surface area contributed by atoms with Crippen molar-refractivity contribution in [2.24, 2.45) is 10.6 Å². The summed E-state index contributed by atoms with van der Waals surface area (Å²) in [6.07, 6.45) is 1.05. The molecule has 1 aromatic carbocycles. The van der Waals surface area contributed by atoms with E-state index in [1.807, 2.05) is 20.8 Å². The van der Waals surface area contributed by atoms with Gasteiger partial charge in [-0.15, -0.1) is 0 Å². The molecule has 0 bridgehead atoms. The average Bonchev–Trinajstić information content (AvgIpc) is 2.89. The highest BCUT2D eigenvalue weighted by atomic mass is 19.1. The van der Waals surface area contributed by atoms with E-state index < -0.39 is 11.2 Å². The number of aromatic hydroxyl groups is 1. The van der Waals surface area contributed by atoms with Crippen LogP contribution in [0.25, 0.3) is 0 Å². The second-order valence-electron chi connectivity index (χ2n) is 6.43. The lowest BCUT2D eigenvalue weighted by molar-refractivity contribution is -0.128. The summed E-state index contributed by atoms with van der Waals surface area (Å²) in [5.74, 6) is -1.07. The highest BCUT2D eigenvalue weighted by Crippen LogP contribution is 2.22. The molecule has 1 aliphatic rings. The molecule has 0 spiro atoms. The van der Waals surface area contributed by atoms with Crippen molar-refractivity contribution in [1.29, 1.82) is 0 Å². The van der Waals surface area contributed by atoms with Gasteiger partial charge in [0.15, 0.2) is 11.6 Å². The molecule has 0 saturated heterocycles. The van der Waals surface area contributed by atoms with Crippen molar-refractivity contribution in [2.45, 2.75) is 39.7 Å². The lowest BCUT2D eigenvalue weighted by Crippen LogP contribution is -2.36. The van der Waals surface area contributed by atoms with Crippen LogP contribution in [0.5, 0.6) is 5.75 Å². The summed E-state index contributed by atoms with van der Waals surface area (Å²) >= 11 is 0. The third-order valence-electron chi connectivity index (χ3n) is 3.45. The van der Waals surface area contributed by atoms with Gasteiger partial charge in [-0.1, -0.05) is 25.9 Å². The predicted molar refractivity (Wildman–Crippen MR) is 81.2 cm³/mol. The van der Waals surface area contributed by atoms with E-state index in [0.717, 1.165) is 0 Å². The van der Waals surface area contributed by atoms with Gasteiger partial charge in [0.25, 0.3) is 0 Å². The van der Waals surface area contributed by atoms with Gasteiger partial charge in [-0.2, -0.15) is 0 Å². The minimum Gasteiger partial charge on any atom is -0.505 e. The Hall–Kier alpha value is -2.11. The van der Waals surface area contributed by atoms with Crippen molar-refractivity contribution in [3.8, 4) is 5.75 Å². The number of halogens is 1. The van der Waals surface area contributed by atoms with Gasteiger partial charge in [0.1, 0.15) is 6.10 Å². The van der Waals surface area contributed by atoms with Crippen LogP contribution in [0.15, 0.2) is 23.4 Å². The van der Waals surface area contributed by atoms with Gasteiger partial charge in [0.05, 0.1) is 5.71 Å². The van der Waals surface area contributed by atoms with Gasteiger partial charge >= 0.3 is 0 Å². The number of nitrogens with one attached hydrogen (secondary N) is 1. The standard InChI is InChI=1S/C16H21FN2O3/c1-16(2,3)15(21)18-7-6-11-9-13(19-22-11)10-4-5-14(20)12(17)8-10/h4-5,8,11,20H,6-7,9H2,1-3H3,(H,18,21). The zero-order valence-electron chi connectivity index (χ0n) is 13.0. The summed E-state index contributed by atoms with van der Waals surface area (Å²) in [6, 6.07) is 4.13. The van der Waals surface area contributed by atoms with Crippen molar-refractivity contribution in [3.63, 3.8) is 0 Å². The minimum absolute atomic E-state index is 0.00718. The first kappa shape index (κ1) is 16.3. The summed E-state index contributed by atoms with van der Waals surface area (Å²) in [5, 5.41) is 16.0. The second-order valence-corrected chi connectivity index (χ2v) is 6.43. The van der Waals surface area contributed by atoms with Crippen molar-refractivity contribution in [3.05, 3.63) is 29.6 Å². The molecular weight excluding hydrogens is 287 g/mol. The fraction of sp³-hybridized carbons (Fsp3) is 0.500. The number of oxime groups is 1. The number of rotatable bonds is 4. The molecule has 1 atom stereocenters. The highest BCUT2D eigenvalue weighted by Gasteiger charge is 2.24. The maximum atomic E-state index is 13.3. The van der Waals surface area contributed by atoms with Gasteiger partial charge < -0.3 is 15.3 Å². The van der Waals surface area contributed by atoms with E-state index in [1.54, 1.807) is 6.07 Å². The van der Waals surface area contributed by atoms with Gasteiger partial charge in [-0.05, 0) is 18.2 Å². The first-order valence-corrected chi connectivity index (χ1v) is 7.27. The molecule has 6 heteroatoms. The number of phenols is 1. The Morgan fingerprint density at radius 1 is 1.50 bits per heavy atom. The number of amides is 1. The molecule has 120 valence electrons. The Morgan fingerprint density at radius 3 is 2.86 bits per heavy atom. The maximum absolute atomic E-state index is 13.3. The quantitative estimate of drug-likeness (QED) is 0.898. The summed E-state index contributed by atoms with van der Waals surface area (Å²) in [5.41, 5.74) is 0.824. The summed E-state index contributed by atoms with van der Waals surface area (Å²) < 4.78 is 13.3. The van der Waals surface area contributed by atoms with Gasteiger partial charge in [0.2, 0.25) is 5.91 Å². The van der Waals surface area contributed by atoms with E-state index in [4.69, 9.17) is 4.84 Å². The number of phenolic OH excluding ortho intramolecular Hbond substituents is 1. The third-order valence-corrected chi connectivity index (χ3v) is 3.45. The molecule has 0 radical (unpaired) electrons. The van der Waals surface area contributed by atoms with Gasteiger partial charge in [-0.25, -0.2) is 4.39 Å². The Morgan fingerprint density at radius 2 is 2.23 bits per heavy atom. The maximum Gasteiger partial charge on any atom is 0.225 e. The number of nitrogens with zero attached hydrogens (tertiary/aromatic N) is 1. The van der Waals surface area contributed by atoms with Crippen LogP contribution in [0.4, 0.5) is 4.39 Å². The Labute approximate surface area is 129 Å². The zero-order chi connectivity index (χ0) is 16.3. The monoisotopic (exact) mass is 308 g/mol. The van der Waals surface area contributed by atoms with Crippen molar-refractivity contribution >= 4 is 11.6 Å². The lowest BCUT2D eigenvalue weighted by atomic mass is 9.95. The molecule has 0 fully saturated rings. The molecule has 1 amide bonds. The highest BCUT2D eigenvalue weighted by molar-refractivity contribution is 6.01. The molecule has 0 saturated carbocycles. The van der Waals surface area contributed by atoms with Crippen molar-refractivity contribution in [2.75, 3.05) is 6.54 Å². The van der Waals surface area contributed by atoms with E-state index in [1.165, 1.54) is 12.1 Å². The van der Waals surface area contributed by atoms with Crippen LogP contribution < -0.4 is 5.32 Å². The van der Waals surface area contributed by atoms with E-state index in [2.05, 4.69) is 10.5 Å². The Balaban J connectivity index is 1.82. The molecule has 1 aliphatic heterocycles. The van der Waals surface area contributed by atoms with E-state index >= 15 is 0 Å². The van der Waals surface area contributed by atoms with Crippen LogP contribution in [-0.4, -0.2) is 29.4 Å². The molecule has 22 heavy (non-hydrogen) atoms. The second kappa shape index (κ2) is 6.34. The van der Waals surface area contributed by atoms with Crippen LogP contribution in [-0.2, 0) is 9.63 Å². The Bertz CT molecular complexity index is 594. The smallest absolute Gasteiger partial charge is 0.225 e. The van der Waals surface area contributed by atoms with Gasteiger partial charge in [-0.3, -0.25) is 4.79 Å². The average molecular weight is 308 g/mol. The van der Waals surface area contributed by atoms with Crippen molar-refractivity contribution in [1.82, 2.24) is 5.32 Å². The van der Waals surface area contributed by atoms with Crippen molar-refractivity contribution < 1.29 is 19.1 Å². The zero-order valence-corrected chi connectivity index (χ0v) is 13.0. The summed E-state index contributed by atoms with van der Waals surface area (Å²) in [6.45, 7) is 6.08. The van der Waals surface area contributed by atoms with Crippen LogP contribution in [0, 0.1) is 11.2 Å². The third kappa shape index (κ3) is 3.96. The number of hydrogen-bond donors (Lipinski definition) is 2. The Kier molecular flexibility index (Phi) is 4.68. The van der Waals surface area contributed by atoms with E-state index in [9.17, 15) is 14.3 Å². The molecule has 1 heterocycles. The van der Waals surface area contributed by atoms with Crippen LogP contribution >= 0.6 is 0 Å². The van der Waals surface area contributed by atoms with E-state index in [0.29, 0.717) is 30.7 Å². The summed E-state index contributed by atoms with van der Waals surface area (Å²) in [4.78, 5) is 17.1. The SMILES string of the molecule is CC(C)(C)C(=O)NCCC1CC(c2ccc(O)c(F)c2)=NO1. The largest absolute Gasteiger partial charge is 0.505 e. The summed E-state index contributed by atoms with van der Waals surface area (Å²) in [7, 11) is 0. The number of carbonyl (C=O) groups is 1. The fourth-order valence-corrected chi connectivity index (χ4v) is 2.05. The molecule has 2 rings (SSSR count). The first-order valence-electron chi connectivity index (χ1n) is 7.27. The molecule has 1 aromatic rings. The number of carbonyl (C=O) groups excluding carboxylic acids is 1. The fourth-order valence-electron chi connectivity index (χ4n) is 2.05. The molecule has 5 nitrogen and oxygen atoms in total. The molecule has 0 aromatic heterocycles. The number of benzene rings is 1. The van der Waals surface area contributed by atoms with Crippen LogP contribution in [0.1, 0.15) is 39.2 Å². The minimum atomic E-state index is -0.680. The lowest BCUT2D eigenvalue weighted by Gasteiger charge is -2.18.